The van der Waals surface area contributed by atoms with Gasteiger partial charge in [-0.1, -0.05) is 13.8 Å². The van der Waals surface area contributed by atoms with Crippen molar-refractivity contribution in [1.29, 1.82) is 0 Å². The molecule has 0 spiro atoms. The Bertz CT molecular complexity index is 331. The molecule has 0 bridgehead atoms. The summed E-state index contributed by atoms with van der Waals surface area (Å²) in [5, 5.41) is 0. The number of rotatable bonds is 2. The van der Waals surface area contributed by atoms with Crippen LogP contribution < -0.4 is 10.6 Å². The lowest BCUT2D eigenvalue weighted by Gasteiger charge is -2.47. The molecule has 1 aliphatic rings. The molecule has 1 aromatic heterocycles. The molecule has 0 atom stereocenters. The Kier molecular flexibility index (Phi) is 2.06. The molecule has 2 heterocycles. The lowest BCUT2D eigenvalue weighted by molar-refractivity contribution is 0.231. The van der Waals surface area contributed by atoms with Gasteiger partial charge in [-0.25, -0.2) is 4.98 Å². The van der Waals surface area contributed by atoms with Gasteiger partial charge in [0.25, 0.3) is 0 Å². The smallest absolute Gasteiger partial charge is 0.227 e. The van der Waals surface area contributed by atoms with Crippen LogP contribution in [0.25, 0.3) is 0 Å². The maximum absolute atomic E-state index is 5.60. The summed E-state index contributed by atoms with van der Waals surface area (Å²) in [6, 6.07) is 1.71. The summed E-state index contributed by atoms with van der Waals surface area (Å²) in [7, 11) is 0. The fraction of sp³-hybridized carbons (Fsp3) is 0.600. The van der Waals surface area contributed by atoms with E-state index in [1.165, 1.54) is 6.42 Å². The van der Waals surface area contributed by atoms with E-state index in [0.29, 0.717) is 11.2 Å². The van der Waals surface area contributed by atoms with Crippen LogP contribution in [-0.4, -0.2) is 23.1 Å². The quantitative estimate of drug-likeness (QED) is 0.767. The van der Waals surface area contributed by atoms with E-state index in [4.69, 9.17) is 5.73 Å². The summed E-state index contributed by atoms with van der Waals surface area (Å²) in [6.07, 6.45) is 2.91. The molecular formula is C10H16N4. The third kappa shape index (κ3) is 1.52. The molecule has 0 radical (unpaired) electrons. The fourth-order valence-electron chi connectivity index (χ4n) is 1.75. The molecule has 14 heavy (non-hydrogen) atoms. The van der Waals surface area contributed by atoms with Gasteiger partial charge in [-0.05, 0) is 12.5 Å². The van der Waals surface area contributed by atoms with E-state index in [0.717, 1.165) is 19.0 Å². The summed E-state index contributed by atoms with van der Waals surface area (Å²) in [5.74, 6) is 1.30. The molecular weight excluding hydrogens is 176 g/mol. The predicted molar refractivity (Wildman–Crippen MR) is 57.1 cm³/mol. The van der Waals surface area contributed by atoms with Gasteiger partial charge in [0.05, 0.1) is 0 Å². The van der Waals surface area contributed by atoms with Gasteiger partial charge in [0.1, 0.15) is 5.82 Å². The van der Waals surface area contributed by atoms with Crippen molar-refractivity contribution in [2.24, 2.45) is 5.41 Å². The number of aromatic nitrogens is 2. The fourth-order valence-corrected chi connectivity index (χ4v) is 1.75. The van der Waals surface area contributed by atoms with E-state index in [-0.39, 0.29) is 0 Å². The van der Waals surface area contributed by atoms with Gasteiger partial charge >= 0.3 is 0 Å². The summed E-state index contributed by atoms with van der Waals surface area (Å²) >= 11 is 0. The molecule has 0 amide bonds. The molecule has 0 saturated carbocycles. The van der Waals surface area contributed by atoms with Crippen LogP contribution in [0, 0.1) is 5.41 Å². The molecule has 4 nitrogen and oxygen atoms in total. The van der Waals surface area contributed by atoms with Crippen LogP contribution in [0.15, 0.2) is 12.3 Å². The van der Waals surface area contributed by atoms with E-state index in [1.54, 1.807) is 12.3 Å². The zero-order chi connectivity index (χ0) is 10.2. The normalized spacial score (nSPS) is 19.1. The lowest BCUT2D eigenvalue weighted by Crippen LogP contribution is -2.55. The molecule has 0 aromatic carbocycles. The minimum atomic E-state index is 0.438. The lowest BCUT2D eigenvalue weighted by atomic mass is 9.80. The van der Waals surface area contributed by atoms with Crippen LogP contribution in [0.1, 0.15) is 20.3 Å². The first-order chi connectivity index (χ1) is 6.63. The van der Waals surface area contributed by atoms with Crippen LogP contribution in [-0.2, 0) is 0 Å². The van der Waals surface area contributed by atoms with Gasteiger partial charge in [0, 0.05) is 24.7 Å². The number of nitrogen functional groups attached to an aromatic ring is 1. The maximum atomic E-state index is 5.60. The van der Waals surface area contributed by atoms with Gasteiger partial charge in [-0.2, -0.15) is 4.98 Å². The first kappa shape index (κ1) is 9.24. The number of nitrogens with zero attached hydrogens (tertiary/aromatic N) is 3. The number of hydrogen-bond acceptors (Lipinski definition) is 4. The summed E-state index contributed by atoms with van der Waals surface area (Å²) in [6.45, 7) is 6.58. The SMILES string of the molecule is CCC1(C)CN(c2nccc(N)n2)C1. The highest BCUT2D eigenvalue weighted by Crippen LogP contribution is 2.34. The van der Waals surface area contributed by atoms with Gasteiger partial charge in [0.2, 0.25) is 5.95 Å². The predicted octanol–water partition coefficient (Wildman–Crippen LogP) is 1.30. The van der Waals surface area contributed by atoms with E-state index in [1.807, 2.05) is 0 Å². The molecule has 2 rings (SSSR count). The standard InChI is InChI=1S/C10H16N4/c1-3-10(2)6-14(7-10)9-12-5-4-8(11)13-9/h4-5H,3,6-7H2,1-2H3,(H2,11,12,13). The molecule has 0 unspecified atom stereocenters. The molecule has 1 aliphatic heterocycles. The Morgan fingerprint density at radius 3 is 2.86 bits per heavy atom. The van der Waals surface area contributed by atoms with Crippen molar-refractivity contribution in [3.05, 3.63) is 12.3 Å². The van der Waals surface area contributed by atoms with Gasteiger partial charge in [0.15, 0.2) is 0 Å². The number of hydrogen-bond donors (Lipinski definition) is 1. The van der Waals surface area contributed by atoms with E-state index in [9.17, 15) is 0 Å². The topological polar surface area (TPSA) is 55.0 Å². The van der Waals surface area contributed by atoms with E-state index >= 15 is 0 Å². The minimum Gasteiger partial charge on any atom is -0.384 e. The second-order valence-corrected chi connectivity index (χ2v) is 4.30. The Morgan fingerprint density at radius 2 is 2.29 bits per heavy atom. The molecule has 2 N–H and O–H groups in total. The maximum Gasteiger partial charge on any atom is 0.227 e. The highest BCUT2D eigenvalue weighted by Gasteiger charge is 2.38. The van der Waals surface area contributed by atoms with Crippen LogP contribution in [0.3, 0.4) is 0 Å². The first-order valence-electron chi connectivity index (χ1n) is 4.96. The largest absolute Gasteiger partial charge is 0.384 e. The number of nitrogens with two attached hydrogens (primary N) is 1. The van der Waals surface area contributed by atoms with Crippen molar-refractivity contribution in [3.8, 4) is 0 Å². The zero-order valence-corrected chi connectivity index (χ0v) is 8.70. The Morgan fingerprint density at radius 1 is 1.57 bits per heavy atom. The van der Waals surface area contributed by atoms with Crippen molar-refractivity contribution in [1.82, 2.24) is 9.97 Å². The van der Waals surface area contributed by atoms with Crippen molar-refractivity contribution < 1.29 is 0 Å². The third-order valence-corrected chi connectivity index (χ3v) is 2.95. The molecule has 76 valence electrons. The highest BCUT2D eigenvalue weighted by molar-refractivity contribution is 5.41. The zero-order valence-electron chi connectivity index (χ0n) is 8.70. The van der Waals surface area contributed by atoms with Crippen molar-refractivity contribution in [3.63, 3.8) is 0 Å². The van der Waals surface area contributed by atoms with Crippen LogP contribution in [0.5, 0.6) is 0 Å². The number of anilines is 2. The van der Waals surface area contributed by atoms with Gasteiger partial charge in [-0.3, -0.25) is 0 Å². The Balaban J connectivity index is 2.06. The summed E-state index contributed by atoms with van der Waals surface area (Å²) in [5.41, 5.74) is 6.04. The van der Waals surface area contributed by atoms with Crippen LogP contribution in [0.2, 0.25) is 0 Å². The second-order valence-electron chi connectivity index (χ2n) is 4.30. The Hall–Kier alpha value is -1.32. The average Bonchev–Trinajstić information content (AvgIpc) is 2.13. The van der Waals surface area contributed by atoms with Crippen molar-refractivity contribution in [2.45, 2.75) is 20.3 Å². The minimum absolute atomic E-state index is 0.438. The van der Waals surface area contributed by atoms with Crippen LogP contribution in [0.4, 0.5) is 11.8 Å². The molecule has 1 saturated heterocycles. The monoisotopic (exact) mass is 192 g/mol. The summed E-state index contributed by atoms with van der Waals surface area (Å²) < 4.78 is 0. The van der Waals surface area contributed by atoms with Crippen molar-refractivity contribution in [2.75, 3.05) is 23.7 Å². The van der Waals surface area contributed by atoms with Gasteiger partial charge < -0.3 is 10.6 Å². The molecule has 0 aliphatic carbocycles. The molecule has 4 heteroatoms. The van der Waals surface area contributed by atoms with E-state index in [2.05, 4.69) is 28.7 Å². The Labute approximate surface area is 84.2 Å². The average molecular weight is 192 g/mol. The summed E-state index contributed by atoms with van der Waals surface area (Å²) in [4.78, 5) is 10.6. The highest BCUT2D eigenvalue weighted by atomic mass is 15.3. The first-order valence-corrected chi connectivity index (χ1v) is 4.96. The molecule has 1 aromatic rings. The molecule has 1 fully saturated rings. The van der Waals surface area contributed by atoms with Crippen LogP contribution >= 0.6 is 0 Å². The van der Waals surface area contributed by atoms with E-state index < -0.39 is 0 Å². The second kappa shape index (κ2) is 3.12. The van der Waals surface area contributed by atoms with Crippen molar-refractivity contribution >= 4 is 11.8 Å². The van der Waals surface area contributed by atoms with Gasteiger partial charge in [-0.15, -0.1) is 0 Å². The third-order valence-electron chi connectivity index (χ3n) is 2.95.